The molecule has 0 aromatic carbocycles. The first-order chi connectivity index (χ1) is 9.91. The third-order valence-electron chi connectivity index (χ3n) is 2.41. The summed E-state index contributed by atoms with van der Waals surface area (Å²) in [4.78, 5) is 0. The fraction of sp³-hybridized carbons (Fsp3) is 0.833. The summed E-state index contributed by atoms with van der Waals surface area (Å²) in [6, 6.07) is 3.91. The van der Waals surface area contributed by atoms with E-state index in [9.17, 15) is 0 Å². The molecular weight excluding hydrogens is 315 g/mol. The molecule has 0 aromatic heterocycles. The molecule has 1 fully saturated rings. The van der Waals surface area contributed by atoms with Gasteiger partial charge in [0.05, 0.1) is 51.4 Å². The molecule has 0 aromatic rings. The van der Waals surface area contributed by atoms with E-state index in [2.05, 4.69) is 0 Å². The van der Waals surface area contributed by atoms with Crippen molar-refractivity contribution in [3.8, 4) is 12.1 Å². The third-order valence-corrected chi connectivity index (χ3v) is 4.82. The molecule has 0 unspecified atom stereocenters. The van der Waals surface area contributed by atoms with Gasteiger partial charge in [0.25, 0.3) is 0 Å². The van der Waals surface area contributed by atoms with E-state index in [0.717, 1.165) is 0 Å². The van der Waals surface area contributed by atoms with Gasteiger partial charge in [-0.3, -0.25) is 0 Å². The van der Waals surface area contributed by atoms with Gasteiger partial charge in [-0.2, -0.15) is 10.5 Å². The van der Waals surface area contributed by atoms with E-state index >= 15 is 0 Å². The molecule has 1 aliphatic heterocycles. The van der Waals surface area contributed by atoms with Crippen LogP contribution in [-0.2, 0) is 34.9 Å². The van der Waals surface area contributed by atoms with Crippen LogP contribution in [-0.4, -0.2) is 38.3 Å². The second kappa shape index (κ2) is 8.77. The highest BCUT2D eigenvalue weighted by Crippen LogP contribution is 2.50. The second-order valence-electron chi connectivity index (χ2n) is 4.68. The van der Waals surface area contributed by atoms with Gasteiger partial charge in [0, 0.05) is 0 Å². The Morgan fingerprint density at radius 2 is 1.76 bits per heavy atom. The van der Waals surface area contributed by atoms with E-state index in [-0.39, 0.29) is 38.8 Å². The first-order valence-electron chi connectivity index (χ1n) is 6.50. The Morgan fingerprint density at radius 1 is 1.19 bits per heavy atom. The molecule has 7 nitrogen and oxygen atoms in total. The van der Waals surface area contributed by atoms with Crippen LogP contribution in [0.1, 0.15) is 26.7 Å². The van der Waals surface area contributed by atoms with Gasteiger partial charge in [-0.25, -0.2) is 0 Å². The molecule has 1 saturated heterocycles. The molecule has 1 heterocycles. The van der Waals surface area contributed by atoms with Crippen LogP contribution in [0.3, 0.4) is 0 Å². The zero-order valence-corrected chi connectivity index (χ0v) is 13.8. The van der Waals surface area contributed by atoms with Gasteiger partial charge in [0.15, 0.2) is 5.79 Å². The minimum absolute atomic E-state index is 0.133. The topological polar surface area (TPSA) is 93.7 Å². The number of nitriles is 2. The molecule has 0 amide bonds. The van der Waals surface area contributed by atoms with Crippen LogP contribution in [0, 0.1) is 22.7 Å². The Bertz CT molecular complexity index is 436. The number of rotatable bonds is 9. The number of hydrogen-bond donors (Lipinski definition) is 0. The molecular formula is C12H19N2O5PS. The zero-order valence-electron chi connectivity index (χ0n) is 12.1. The Kier molecular flexibility index (Phi) is 7.72. The Morgan fingerprint density at radius 3 is 2.19 bits per heavy atom. The van der Waals surface area contributed by atoms with Gasteiger partial charge in [0.1, 0.15) is 6.10 Å². The van der Waals surface area contributed by atoms with Crippen molar-refractivity contribution in [3.05, 3.63) is 0 Å². The van der Waals surface area contributed by atoms with Gasteiger partial charge >= 0.3 is 6.72 Å². The zero-order chi connectivity index (χ0) is 15.8. The molecule has 1 aliphatic rings. The molecule has 0 radical (unpaired) electrons. The first-order valence-corrected chi connectivity index (χ1v) is 9.06. The fourth-order valence-corrected chi connectivity index (χ4v) is 3.37. The molecule has 9 heteroatoms. The number of hydrogen-bond acceptors (Lipinski definition) is 8. The largest absolute Gasteiger partial charge is 0.348 e. The van der Waals surface area contributed by atoms with Crippen LogP contribution in [0.2, 0.25) is 0 Å². The van der Waals surface area contributed by atoms with Crippen molar-refractivity contribution >= 4 is 18.5 Å². The summed E-state index contributed by atoms with van der Waals surface area (Å²) in [6.07, 6.45) is 0.139. The van der Waals surface area contributed by atoms with E-state index in [1.807, 2.05) is 26.0 Å². The molecule has 0 bridgehead atoms. The lowest BCUT2D eigenvalue weighted by molar-refractivity contribution is -0.141. The molecule has 0 saturated carbocycles. The standard InChI is InChI=1S/C12H19N2O5PS/c1-12(2)15-9-11(19-12)10-18-20(21,16-7-3-5-13)17-8-4-6-14/h11H,3-4,7-10H2,1-2H3/t11-/m1/s1. The molecule has 0 N–H and O–H groups in total. The average Bonchev–Trinajstić information content (AvgIpc) is 2.77. The average molecular weight is 334 g/mol. The normalized spacial score (nSPS) is 20.9. The summed E-state index contributed by atoms with van der Waals surface area (Å²) in [6.45, 7) is 1.50. The first kappa shape index (κ1) is 18.5. The van der Waals surface area contributed by atoms with Crippen molar-refractivity contribution in [1.82, 2.24) is 0 Å². The van der Waals surface area contributed by atoms with Crippen LogP contribution in [0.4, 0.5) is 0 Å². The van der Waals surface area contributed by atoms with E-state index in [1.165, 1.54) is 0 Å². The molecule has 118 valence electrons. The van der Waals surface area contributed by atoms with Crippen LogP contribution in [0.15, 0.2) is 0 Å². The second-order valence-corrected chi connectivity index (χ2v) is 7.69. The van der Waals surface area contributed by atoms with Crippen molar-refractivity contribution in [1.29, 1.82) is 10.5 Å². The Hall–Kier alpha value is -0.570. The summed E-state index contributed by atoms with van der Waals surface area (Å²) < 4.78 is 27.3. The van der Waals surface area contributed by atoms with Crippen molar-refractivity contribution in [2.24, 2.45) is 0 Å². The van der Waals surface area contributed by atoms with E-state index in [1.54, 1.807) is 0 Å². The van der Waals surface area contributed by atoms with Gasteiger partial charge in [-0.15, -0.1) is 0 Å². The predicted molar refractivity (Wildman–Crippen MR) is 77.5 cm³/mol. The maximum Gasteiger partial charge on any atom is 0.327 e. The summed E-state index contributed by atoms with van der Waals surface area (Å²) in [5, 5.41) is 17.0. The van der Waals surface area contributed by atoms with Crippen LogP contribution < -0.4 is 0 Å². The summed E-state index contributed by atoms with van der Waals surface area (Å²) >= 11 is 5.25. The summed E-state index contributed by atoms with van der Waals surface area (Å²) in [7, 11) is 0. The van der Waals surface area contributed by atoms with Crippen LogP contribution in [0.25, 0.3) is 0 Å². The molecule has 0 aliphatic carbocycles. The van der Waals surface area contributed by atoms with Crippen LogP contribution >= 0.6 is 6.72 Å². The van der Waals surface area contributed by atoms with Gasteiger partial charge in [-0.05, 0) is 25.7 Å². The van der Waals surface area contributed by atoms with Crippen molar-refractivity contribution in [2.75, 3.05) is 26.4 Å². The van der Waals surface area contributed by atoms with Gasteiger partial charge in [-0.1, -0.05) is 0 Å². The minimum atomic E-state index is -2.98. The maximum atomic E-state index is 8.52. The highest BCUT2D eigenvalue weighted by Gasteiger charge is 2.34. The third kappa shape index (κ3) is 7.30. The minimum Gasteiger partial charge on any atom is -0.348 e. The fourth-order valence-electron chi connectivity index (χ4n) is 1.54. The van der Waals surface area contributed by atoms with Crippen molar-refractivity contribution in [3.63, 3.8) is 0 Å². The number of ether oxygens (including phenoxy) is 2. The van der Waals surface area contributed by atoms with E-state index in [0.29, 0.717) is 6.61 Å². The molecule has 0 spiro atoms. The lowest BCUT2D eigenvalue weighted by Crippen LogP contribution is -2.24. The SMILES string of the molecule is CC1(C)OC[C@H](COP(=S)(OCCC#N)OCCC#N)O1. The van der Waals surface area contributed by atoms with Gasteiger partial charge < -0.3 is 23.0 Å². The van der Waals surface area contributed by atoms with Crippen molar-refractivity contribution < 1.29 is 23.0 Å². The Labute approximate surface area is 129 Å². The van der Waals surface area contributed by atoms with Gasteiger partial charge in [0.2, 0.25) is 0 Å². The summed E-state index contributed by atoms with van der Waals surface area (Å²) in [5.41, 5.74) is 0. The highest BCUT2D eigenvalue weighted by atomic mass is 32.5. The van der Waals surface area contributed by atoms with Crippen LogP contribution in [0.5, 0.6) is 0 Å². The summed E-state index contributed by atoms with van der Waals surface area (Å²) in [5.74, 6) is -0.639. The molecule has 1 atom stereocenters. The van der Waals surface area contributed by atoms with E-state index in [4.69, 9.17) is 45.4 Å². The molecule has 21 heavy (non-hydrogen) atoms. The number of nitrogens with zero attached hydrogens (tertiary/aromatic N) is 2. The lowest BCUT2D eigenvalue weighted by Gasteiger charge is -2.23. The van der Waals surface area contributed by atoms with Crippen molar-refractivity contribution in [2.45, 2.75) is 38.6 Å². The molecule has 1 rings (SSSR count). The highest BCUT2D eigenvalue weighted by molar-refractivity contribution is 8.07. The lowest BCUT2D eigenvalue weighted by atomic mass is 10.4. The predicted octanol–water partition coefficient (Wildman–Crippen LogP) is 2.24. The Balaban J connectivity index is 2.46. The maximum absolute atomic E-state index is 8.52. The monoisotopic (exact) mass is 334 g/mol. The van der Waals surface area contributed by atoms with E-state index < -0.39 is 12.5 Å². The smallest absolute Gasteiger partial charge is 0.327 e. The quantitative estimate of drug-likeness (QED) is 0.468.